The third kappa shape index (κ3) is 6.27. The van der Waals surface area contributed by atoms with Gasteiger partial charge in [-0.25, -0.2) is 38.7 Å². The number of hydrogen-bond donors (Lipinski definition) is 4. The van der Waals surface area contributed by atoms with E-state index in [1.165, 1.54) is 21.9 Å². The zero-order chi connectivity index (χ0) is 27.5. The van der Waals surface area contributed by atoms with Crippen molar-refractivity contribution < 1.29 is 37.2 Å². The molecule has 0 bridgehead atoms. The minimum Gasteiger partial charge on any atom is -0.398 e. The maximum atomic E-state index is 12.5. The SMILES string of the molecule is CON=C(C(=O)N[C@H]1CN(C(=O)NS(=O)(=O)NC(=O)N2CCN(N=C(C)C)C2=O)C1=O)c1csc(N)n1. The summed E-state index contributed by atoms with van der Waals surface area (Å²) < 4.78 is 27.4. The quantitative estimate of drug-likeness (QED) is 0.166. The molecule has 18 nitrogen and oxygen atoms in total. The lowest BCUT2D eigenvalue weighted by Crippen LogP contribution is -2.68. The number of carbonyl (C=O) groups is 5. The molecule has 0 spiro atoms. The molecule has 1 atom stereocenters. The third-order valence-corrected chi connectivity index (χ3v) is 6.20. The fraction of sp³-hybridized carbons (Fsp3) is 0.412. The van der Waals surface area contributed by atoms with Crippen molar-refractivity contribution in [1.82, 2.24) is 34.6 Å². The van der Waals surface area contributed by atoms with Crippen molar-refractivity contribution in [2.75, 3.05) is 32.5 Å². The first-order valence-electron chi connectivity index (χ1n) is 10.3. The average Bonchev–Trinajstić information content (AvgIpc) is 3.38. The topological polar surface area (TPSA) is 238 Å². The number of nitrogen functional groups attached to an aromatic ring is 1. The Bertz CT molecular complexity index is 1300. The second kappa shape index (κ2) is 10.7. The summed E-state index contributed by atoms with van der Waals surface area (Å²) in [6.45, 7) is 2.79. The van der Waals surface area contributed by atoms with Crippen LogP contribution in [0.1, 0.15) is 19.5 Å². The molecular weight excluding hydrogens is 536 g/mol. The van der Waals surface area contributed by atoms with Crippen LogP contribution in [0.4, 0.5) is 19.5 Å². The second-order valence-corrected chi connectivity index (χ2v) is 9.90. The molecule has 1 aromatic heterocycles. The van der Waals surface area contributed by atoms with E-state index in [-0.39, 0.29) is 36.2 Å². The highest BCUT2D eigenvalue weighted by atomic mass is 32.2. The number of thiazole rings is 1. The summed E-state index contributed by atoms with van der Waals surface area (Å²) in [6.07, 6.45) is 0. The Labute approximate surface area is 213 Å². The molecule has 0 radical (unpaired) electrons. The van der Waals surface area contributed by atoms with Crippen molar-refractivity contribution in [3.63, 3.8) is 0 Å². The van der Waals surface area contributed by atoms with Gasteiger partial charge in [-0.1, -0.05) is 5.16 Å². The van der Waals surface area contributed by atoms with Crippen molar-refractivity contribution >= 4 is 68.0 Å². The van der Waals surface area contributed by atoms with Gasteiger partial charge in [-0.15, -0.1) is 11.3 Å². The van der Waals surface area contributed by atoms with E-state index in [4.69, 9.17) is 5.73 Å². The molecule has 2 aliphatic heterocycles. The number of urea groups is 3. The summed E-state index contributed by atoms with van der Waals surface area (Å²) in [4.78, 5) is 71.1. The van der Waals surface area contributed by atoms with E-state index in [1.807, 2.05) is 0 Å². The van der Waals surface area contributed by atoms with Crippen LogP contribution in [0.15, 0.2) is 15.6 Å². The molecule has 0 aromatic carbocycles. The van der Waals surface area contributed by atoms with E-state index in [9.17, 15) is 32.4 Å². The summed E-state index contributed by atoms with van der Waals surface area (Å²) in [5.41, 5.74) is 5.91. The number of rotatable bonds is 7. The predicted octanol–water partition coefficient (Wildman–Crippen LogP) is -1.80. The lowest BCUT2D eigenvalue weighted by molar-refractivity contribution is -0.141. The standard InChI is InChI=1S/C17H22N10O8S2/c1-8(2)21-27-5-4-25(17(27)32)15(30)23-37(33,34)24-16(31)26-6-9(13(26)29)19-12(28)11(22-35-3)10-7-36-14(18)20-10/h7,9H,4-6H2,1-3H3,(H2,18,20)(H,19,28)(H,23,30)(H,24,31)/t9-/m0/s1. The van der Waals surface area contributed by atoms with E-state index in [0.29, 0.717) is 15.5 Å². The molecule has 2 aliphatic rings. The zero-order valence-electron chi connectivity index (χ0n) is 19.6. The summed E-state index contributed by atoms with van der Waals surface area (Å²) in [5, 5.41) is 12.4. The Kier molecular flexibility index (Phi) is 7.91. The number of oxime groups is 1. The molecular formula is C17H22N10O8S2. The molecule has 0 unspecified atom stereocenters. The van der Waals surface area contributed by atoms with Crippen LogP contribution in [0.25, 0.3) is 0 Å². The zero-order valence-corrected chi connectivity index (χ0v) is 21.3. The van der Waals surface area contributed by atoms with Gasteiger partial charge < -0.3 is 15.9 Å². The van der Waals surface area contributed by atoms with Gasteiger partial charge in [0, 0.05) is 11.1 Å². The molecule has 37 heavy (non-hydrogen) atoms. The van der Waals surface area contributed by atoms with Crippen LogP contribution >= 0.6 is 11.3 Å². The Hall–Kier alpha value is -4.33. The normalized spacial score (nSPS) is 17.8. The van der Waals surface area contributed by atoms with Crippen LogP contribution < -0.4 is 20.5 Å². The summed E-state index contributed by atoms with van der Waals surface area (Å²) in [6, 6.07) is -4.73. The Morgan fingerprint density at radius 1 is 1.16 bits per heavy atom. The fourth-order valence-corrected chi connectivity index (χ4v) is 4.33. The molecule has 3 heterocycles. The molecule has 0 saturated carbocycles. The number of hydrogen-bond acceptors (Lipinski definition) is 13. The fourth-order valence-electron chi connectivity index (χ4n) is 3.05. The number of imide groups is 2. The smallest absolute Gasteiger partial charge is 0.348 e. The highest BCUT2D eigenvalue weighted by Gasteiger charge is 2.44. The van der Waals surface area contributed by atoms with E-state index in [2.05, 4.69) is 25.4 Å². The molecule has 1 aromatic rings. The largest absolute Gasteiger partial charge is 0.398 e. The maximum Gasteiger partial charge on any atom is 0.348 e. The number of anilines is 1. The van der Waals surface area contributed by atoms with Gasteiger partial charge in [0.15, 0.2) is 10.8 Å². The van der Waals surface area contributed by atoms with Crippen molar-refractivity contribution in [2.45, 2.75) is 19.9 Å². The van der Waals surface area contributed by atoms with Crippen molar-refractivity contribution in [2.24, 2.45) is 10.3 Å². The molecule has 0 aliphatic carbocycles. The van der Waals surface area contributed by atoms with Crippen LogP contribution in [0.5, 0.6) is 0 Å². The predicted molar refractivity (Wildman–Crippen MR) is 127 cm³/mol. The van der Waals surface area contributed by atoms with Crippen LogP contribution in [0, 0.1) is 0 Å². The summed E-state index contributed by atoms with van der Waals surface area (Å²) in [7, 11) is -3.61. The highest BCUT2D eigenvalue weighted by Crippen LogP contribution is 2.15. The van der Waals surface area contributed by atoms with Gasteiger partial charge in [-0.05, 0) is 13.8 Å². The number of β-lactam (4-membered cyclic amide) rings is 1. The molecule has 20 heteroatoms. The number of nitrogens with zero attached hydrogens (tertiary/aromatic N) is 6. The Morgan fingerprint density at radius 2 is 1.81 bits per heavy atom. The average molecular weight is 559 g/mol. The first-order valence-corrected chi connectivity index (χ1v) is 12.6. The number of hydrazone groups is 1. The number of nitrogens with one attached hydrogen (secondary N) is 3. The van der Waals surface area contributed by atoms with Crippen molar-refractivity contribution in [1.29, 1.82) is 0 Å². The van der Waals surface area contributed by atoms with Crippen LogP contribution in [-0.2, 0) is 24.6 Å². The van der Waals surface area contributed by atoms with Gasteiger partial charge in [0.25, 0.3) is 11.8 Å². The van der Waals surface area contributed by atoms with E-state index in [0.717, 1.165) is 16.3 Å². The summed E-state index contributed by atoms with van der Waals surface area (Å²) >= 11 is 1.04. The lowest BCUT2D eigenvalue weighted by Gasteiger charge is -2.36. The van der Waals surface area contributed by atoms with Gasteiger partial charge in [-0.2, -0.15) is 13.5 Å². The molecule has 3 rings (SSSR count). The number of aromatic nitrogens is 1. The maximum absolute atomic E-state index is 12.5. The number of nitrogens with two attached hydrogens (primary N) is 1. The Morgan fingerprint density at radius 3 is 2.35 bits per heavy atom. The van der Waals surface area contributed by atoms with E-state index in [1.54, 1.807) is 13.8 Å². The number of amides is 8. The van der Waals surface area contributed by atoms with Gasteiger partial charge in [-0.3, -0.25) is 14.5 Å². The molecule has 200 valence electrons. The monoisotopic (exact) mass is 558 g/mol. The first kappa shape index (κ1) is 27.3. The lowest BCUT2D eigenvalue weighted by atomic mass is 10.1. The highest BCUT2D eigenvalue weighted by molar-refractivity contribution is 7.88. The van der Waals surface area contributed by atoms with Crippen LogP contribution in [0.3, 0.4) is 0 Å². The van der Waals surface area contributed by atoms with Gasteiger partial charge in [0.2, 0.25) is 0 Å². The third-order valence-electron chi connectivity index (χ3n) is 4.64. The van der Waals surface area contributed by atoms with Gasteiger partial charge >= 0.3 is 28.3 Å². The Balaban J connectivity index is 1.54. The number of carbonyl (C=O) groups excluding carboxylic acids is 5. The van der Waals surface area contributed by atoms with Crippen molar-refractivity contribution in [3.05, 3.63) is 11.1 Å². The molecule has 2 fully saturated rings. The first-order chi connectivity index (χ1) is 17.3. The molecule has 8 amide bonds. The second-order valence-electron chi connectivity index (χ2n) is 7.59. The number of likely N-dealkylation sites (tertiary alicyclic amines) is 1. The van der Waals surface area contributed by atoms with E-state index < -0.39 is 46.2 Å². The molecule has 5 N–H and O–H groups in total. The van der Waals surface area contributed by atoms with Gasteiger partial charge in [0.05, 0.1) is 19.6 Å². The summed E-state index contributed by atoms with van der Waals surface area (Å²) in [5.74, 6) is -1.78. The van der Waals surface area contributed by atoms with Crippen molar-refractivity contribution in [3.8, 4) is 0 Å². The molecule has 2 saturated heterocycles. The minimum absolute atomic E-state index is 0.0475. The van der Waals surface area contributed by atoms with Crippen LogP contribution in [-0.4, -0.2) is 102 Å². The van der Waals surface area contributed by atoms with Gasteiger partial charge in [0.1, 0.15) is 18.8 Å². The van der Waals surface area contributed by atoms with E-state index >= 15 is 0 Å². The minimum atomic E-state index is -4.80. The van der Waals surface area contributed by atoms with Crippen LogP contribution in [0.2, 0.25) is 0 Å².